The molecule has 0 bridgehead atoms. The van der Waals surface area contributed by atoms with Gasteiger partial charge in [-0.05, 0) is 12.0 Å². The first kappa shape index (κ1) is 15.9. The first-order valence-corrected chi connectivity index (χ1v) is 8.64. The molecule has 1 aliphatic carbocycles. The van der Waals surface area contributed by atoms with Crippen molar-refractivity contribution in [3.05, 3.63) is 35.9 Å². The van der Waals surface area contributed by atoms with Crippen molar-refractivity contribution in [2.45, 2.75) is 24.4 Å². The lowest BCUT2D eigenvalue weighted by atomic mass is 10.1. The topological polar surface area (TPSA) is 64.2 Å². The van der Waals surface area contributed by atoms with Crippen molar-refractivity contribution in [1.29, 1.82) is 0 Å². The normalized spacial score (nSPS) is 28.2. The smallest absolute Gasteiger partial charge is 0.327 e. The number of imide groups is 1. The zero-order valence-electron chi connectivity index (χ0n) is 14.5. The third kappa shape index (κ3) is 2.54. The number of amides is 5. The van der Waals surface area contributed by atoms with Crippen molar-refractivity contribution in [3.63, 3.8) is 0 Å². The predicted octanol–water partition coefficient (Wildman–Crippen LogP) is 1.17. The quantitative estimate of drug-likeness (QED) is 0.758. The average molecular weight is 342 g/mol. The van der Waals surface area contributed by atoms with Crippen LogP contribution in [0.15, 0.2) is 30.3 Å². The number of urea groups is 2. The molecule has 7 heteroatoms. The van der Waals surface area contributed by atoms with E-state index >= 15 is 0 Å². The molecular formula is C18H22N4O3. The van der Waals surface area contributed by atoms with E-state index in [1.807, 2.05) is 30.3 Å². The van der Waals surface area contributed by atoms with Crippen LogP contribution in [0.25, 0.3) is 0 Å². The Kier molecular flexibility index (Phi) is 3.67. The van der Waals surface area contributed by atoms with Gasteiger partial charge in [0.2, 0.25) is 0 Å². The summed E-state index contributed by atoms with van der Waals surface area (Å²) in [4.78, 5) is 44.0. The van der Waals surface area contributed by atoms with Gasteiger partial charge in [-0.15, -0.1) is 0 Å². The zero-order valence-corrected chi connectivity index (χ0v) is 14.5. The number of benzene rings is 1. The minimum absolute atomic E-state index is 0.0500. The number of hydrogen-bond acceptors (Lipinski definition) is 3. The van der Waals surface area contributed by atoms with Crippen LogP contribution in [0.1, 0.15) is 17.9 Å². The second-order valence-corrected chi connectivity index (χ2v) is 7.14. The molecule has 1 aromatic carbocycles. The highest BCUT2D eigenvalue weighted by molar-refractivity contribution is 6.05. The van der Waals surface area contributed by atoms with Crippen LogP contribution in [0.3, 0.4) is 0 Å². The van der Waals surface area contributed by atoms with Crippen molar-refractivity contribution in [1.82, 2.24) is 19.6 Å². The van der Waals surface area contributed by atoms with Crippen molar-refractivity contribution in [2.75, 3.05) is 33.7 Å². The SMILES string of the molecule is CN(C)C(=O)N1CCN2C(=O)N([C@H]3C[C@@H]3c3ccccc3)C(=O)C2C1. The molecule has 0 radical (unpaired) electrons. The summed E-state index contributed by atoms with van der Waals surface area (Å²) in [6.45, 7) is 1.15. The Bertz CT molecular complexity index is 720. The highest BCUT2D eigenvalue weighted by Gasteiger charge is 2.56. The second kappa shape index (κ2) is 5.75. The number of hydrogen-bond donors (Lipinski definition) is 0. The number of rotatable bonds is 2. The third-order valence-electron chi connectivity index (χ3n) is 5.32. The molecule has 2 aliphatic heterocycles. The first-order valence-electron chi connectivity index (χ1n) is 8.64. The molecule has 3 fully saturated rings. The van der Waals surface area contributed by atoms with E-state index in [9.17, 15) is 14.4 Å². The second-order valence-electron chi connectivity index (χ2n) is 7.14. The van der Waals surface area contributed by atoms with Crippen LogP contribution < -0.4 is 0 Å². The van der Waals surface area contributed by atoms with Crippen LogP contribution in [0.5, 0.6) is 0 Å². The van der Waals surface area contributed by atoms with Gasteiger partial charge >= 0.3 is 12.1 Å². The van der Waals surface area contributed by atoms with Crippen LogP contribution in [-0.4, -0.2) is 83.4 Å². The number of piperazine rings is 1. The Morgan fingerprint density at radius 3 is 2.52 bits per heavy atom. The van der Waals surface area contributed by atoms with Gasteiger partial charge in [0.1, 0.15) is 6.04 Å². The van der Waals surface area contributed by atoms with E-state index in [1.54, 1.807) is 23.9 Å². The molecule has 7 nitrogen and oxygen atoms in total. The van der Waals surface area contributed by atoms with Crippen molar-refractivity contribution in [2.24, 2.45) is 0 Å². The van der Waals surface area contributed by atoms with E-state index in [4.69, 9.17) is 0 Å². The average Bonchev–Trinajstić information content (AvgIpc) is 3.37. The Morgan fingerprint density at radius 2 is 1.84 bits per heavy atom. The van der Waals surface area contributed by atoms with E-state index < -0.39 is 6.04 Å². The van der Waals surface area contributed by atoms with E-state index in [-0.39, 0.29) is 36.5 Å². The zero-order chi connectivity index (χ0) is 17.7. The fourth-order valence-electron chi connectivity index (χ4n) is 3.90. The van der Waals surface area contributed by atoms with Crippen molar-refractivity contribution in [3.8, 4) is 0 Å². The summed E-state index contributed by atoms with van der Waals surface area (Å²) in [5, 5.41) is 0. The van der Waals surface area contributed by atoms with Crippen LogP contribution in [0.2, 0.25) is 0 Å². The fourth-order valence-corrected chi connectivity index (χ4v) is 3.90. The molecule has 2 saturated heterocycles. The molecule has 0 aromatic heterocycles. The fraction of sp³-hybridized carbons (Fsp3) is 0.500. The highest BCUT2D eigenvalue weighted by Crippen LogP contribution is 2.46. The predicted molar refractivity (Wildman–Crippen MR) is 91.0 cm³/mol. The Hall–Kier alpha value is -2.57. The highest BCUT2D eigenvalue weighted by atomic mass is 16.2. The molecule has 1 saturated carbocycles. The molecule has 25 heavy (non-hydrogen) atoms. The van der Waals surface area contributed by atoms with Crippen molar-refractivity contribution < 1.29 is 14.4 Å². The van der Waals surface area contributed by atoms with E-state index in [0.717, 1.165) is 6.42 Å². The Morgan fingerprint density at radius 1 is 1.12 bits per heavy atom. The number of nitrogens with zero attached hydrogens (tertiary/aromatic N) is 4. The third-order valence-corrected chi connectivity index (χ3v) is 5.32. The van der Waals surface area contributed by atoms with E-state index in [2.05, 4.69) is 0 Å². The molecule has 132 valence electrons. The number of carbonyl (C=O) groups excluding carboxylic acids is 3. The van der Waals surface area contributed by atoms with Gasteiger partial charge in [0.05, 0.1) is 6.54 Å². The molecule has 2 heterocycles. The van der Waals surface area contributed by atoms with Crippen LogP contribution in [0.4, 0.5) is 9.59 Å². The summed E-state index contributed by atoms with van der Waals surface area (Å²) < 4.78 is 0. The van der Waals surface area contributed by atoms with Gasteiger partial charge in [-0.3, -0.25) is 9.69 Å². The molecule has 1 unspecified atom stereocenters. The summed E-state index contributed by atoms with van der Waals surface area (Å²) in [5.74, 6) is 0.0691. The molecular weight excluding hydrogens is 320 g/mol. The van der Waals surface area contributed by atoms with Gasteiger partial charge in [-0.1, -0.05) is 30.3 Å². The summed E-state index contributed by atoms with van der Waals surface area (Å²) >= 11 is 0. The van der Waals surface area contributed by atoms with Gasteiger partial charge in [-0.25, -0.2) is 9.59 Å². The van der Waals surface area contributed by atoms with Gasteiger partial charge < -0.3 is 14.7 Å². The first-order chi connectivity index (χ1) is 12.0. The summed E-state index contributed by atoms with van der Waals surface area (Å²) in [6, 6.07) is 9.10. The minimum atomic E-state index is -0.540. The van der Waals surface area contributed by atoms with Gasteiger partial charge in [0.25, 0.3) is 5.91 Å². The van der Waals surface area contributed by atoms with E-state index in [0.29, 0.717) is 13.1 Å². The molecule has 3 aliphatic rings. The largest absolute Gasteiger partial charge is 0.331 e. The Balaban J connectivity index is 1.49. The van der Waals surface area contributed by atoms with Crippen LogP contribution >= 0.6 is 0 Å². The number of carbonyl (C=O) groups is 3. The lowest BCUT2D eigenvalue weighted by Crippen LogP contribution is -2.56. The lowest BCUT2D eigenvalue weighted by molar-refractivity contribution is -0.129. The molecule has 4 rings (SSSR count). The maximum absolute atomic E-state index is 12.9. The van der Waals surface area contributed by atoms with Gasteiger partial charge in [0, 0.05) is 39.1 Å². The summed E-state index contributed by atoms with van der Waals surface area (Å²) in [6.07, 6.45) is 0.822. The molecule has 3 atom stereocenters. The molecule has 0 N–H and O–H groups in total. The maximum Gasteiger partial charge on any atom is 0.327 e. The van der Waals surface area contributed by atoms with E-state index in [1.165, 1.54) is 15.4 Å². The lowest BCUT2D eigenvalue weighted by Gasteiger charge is -2.36. The maximum atomic E-state index is 12.9. The minimum Gasteiger partial charge on any atom is -0.331 e. The van der Waals surface area contributed by atoms with Crippen LogP contribution in [-0.2, 0) is 4.79 Å². The van der Waals surface area contributed by atoms with Crippen molar-refractivity contribution >= 4 is 18.0 Å². The standard InChI is InChI=1S/C18H22N4O3/c1-19(2)17(24)20-8-9-21-15(11-20)16(23)22(18(21)25)14-10-13(14)12-6-4-3-5-7-12/h3-7,13-15H,8-11H2,1-2H3/t13-,14+,15?/m1/s1. The molecule has 5 amide bonds. The number of fused-ring (bicyclic) bond motifs is 1. The van der Waals surface area contributed by atoms with Gasteiger partial charge in [0.15, 0.2) is 0 Å². The Labute approximate surface area is 146 Å². The van der Waals surface area contributed by atoms with Crippen LogP contribution in [0, 0.1) is 0 Å². The molecule has 0 spiro atoms. The monoisotopic (exact) mass is 342 g/mol. The molecule has 1 aromatic rings. The summed E-state index contributed by atoms with van der Waals surface area (Å²) in [7, 11) is 3.38. The van der Waals surface area contributed by atoms with Gasteiger partial charge in [-0.2, -0.15) is 0 Å². The summed E-state index contributed by atoms with van der Waals surface area (Å²) in [5.41, 5.74) is 1.17.